The van der Waals surface area contributed by atoms with Crippen molar-refractivity contribution in [1.82, 2.24) is 14.5 Å². The minimum absolute atomic E-state index is 0. The average molecular weight is 826 g/mol. The van der Waals surface area contributed by atoms with Gasteiger partial charge in [0.1, 0.15) is 5.58 Å². The smallest absolute Gasteiger partial charge is 0.120 e. The third-order valence-corrected chi connectivity index (χ3v) is 11.6. The van der Waals surface area contributed by atoms with E-state index in [1.165, 1.54) is 38.5 Å². The van der Waals surface area contributed by atoms with Gasteiger partial charge in [-0.3, -0.25) is 4.98 Å². The van der Waals surface area contributed by atoms with Crippen molar-refractivity contribution < 1.29 is 24.5 Å². The number of para-hydroxylation sites is 3. The largest absolute Gasteiger partial charge is 0.501 e. The molecule has 0 aliphatic heterocycles. The minimum Gasteiger partial charge on any atom is -0.501 e. The zero-order valence-electron chi connectivity index (χ0n) is 28.3. The summed E-state index contributed by atoms with van der Waals surface area (Å²) in [6.45, 7) is 10.3. The number of aromatic nitrogens is 3. The van der Waals surface area contributed by atoms with Gasteiger partial charge < -0.3 is 14.0 Å². The van der Waals surface area contributed by atoms with Crippen molar-refractivity contribution >= 4 is 46.2 Å². The van der Waals surface area contributed by atoms with E-state index in [4.69, 9.17) is 14.4 Å². The van der Waals surface area contributed by atoms with Gasteiger partial charge >= 0.3 is 0 Å². The monoisotopic (exact) mass is 826 g/mol. The van der Waals surface area contributed by atoms with Crippen LogP contribution in [-0.4, -0.2) is 22.6 Å². The van der Waals surface area contributed by atoms with E-state index in [2.05, 4.69) is 85.9 Å². The average Bonchev–Trinajstić information content (AvgIpc) is 3.67. The normalized spacial score (nSPS) is 13.8. The molecule has 7 aromatic rings. The molecule has 48 heavy (non-hydrogen) atoms. The number of nitrogens with zero attached hydrogens (tertiary/aromatic N) is 3. The SMILES string of the molecule is CCn1c(-c2[c-]ccc3c2oc2ccccc23)nc2ccccc21.C[Si](C)(C)c1cnc(-c2[c-]cccc2)cc1CC1CCCCC1.[Ir]. The Morgan fingerprint density at radius 2 is 1.62 bits per heavy atom. The second-order valence-electron chi connectivity index (χ2n) is 13.8. The van der Waals surface area contributed by atoms with E-state index in [1.54, 1.807) is 10.8 Å². The topological polar surface area (TPSA) is 43.9 Å². The number of pyridine rings is 1. The van der Waals surface area contributed by atoms with Gasteiger partial charge in [-0.05, 0) is 48.3 Å². The summed E-state index contributed by atoms with van der Waals surface area (Å²) in [5.74, 6) is 1.78. The van der Waals surface area contributed by atoms with Crippen LogP contribution in [0.25, 0.3) is 55.6 Å². The number of benzene rings is 4. The molecule has 4 aromatic carbocycles. The van der Waals surface area contributed by atoms with Gasteiger partial charge in [-0.25, -0.2) is 0 Å². The summed E-state index contributed by atoms with van der Waals surface area (Å²) in [6, 6.07) is 37.6. The Balaban J connectivity index is 0.000000164. The Morgan fingerprint density at radius 3 is 2.40 bits per heavy atom. The van der Waals surface area contributed by atoms with Crippen molar-refractivity contribution in [2.24, 2.45) is 5.92 Å². The van der Waals surface area contributed by atoms with Gasteiger partial charge in [-0.1, -0.05) is 105 Å². The number of rotatable bonds is 6. The van der Waals surface area contributed by atoms with Crippen LogP contribution >= 0.6 is 0 Å². The van der Waals surface area contributed by atoms with Crippen molar-refractivity contribution in [3.8, 4) is 22.6 Å². The van der Waals surface area contributed by atoms with Gasteiger partial charge in [0.25, 0.3) is 0 Å². The second kappa shape index (κ2) is 14.7. The van der Waals surface area contributed by atoms with Crippen molar-refractivity contribution in [1.29, 1.82) is 0 Å². The van der Waals surface area contributed by atoms with E-state index in [-0.39, 0.29) is 20.1 Å². The molecular formula is C42H43IrN3OSi-2. The van der Waals surface area contributed by atoms with Gasteiger partial charge in [0.05, 0.1) is 30.5 Å². The fourth-order valence-corrected chi connectivity index (χ4v) is 8.78. The van der Waals surface area contributed by atoms with Crippen LogP contribution in [0.2, 0.25) is 19.6 Å². The van der Waals surface area contributed by atoms with Gasteiger partial charge in [0.2, 0.25) is 0 Å². The van der Waals surface area contributed by atoms with Crippen LogP contribution in [0, 0.1) is 18.1 Å². The van der Waals surface area contributed by atoms with E-state index in [9.17, 15) is 0 Å². The molecule has 1 aliphatic carbocycles. The van der Waals surface area contributed by atoms with Gasteiger partial charge in [-0.15, -0.1) is 54.1 Å². The molecule has 1 fully saturated rings. The van der Waals surface area contributed by atoms with Gasteiger partial charge in [0, 0.05) is 38.2 Å². The molecule has 6 heteroatoms. The fraction of sp³-hybridized carbons (Fsp3) is 0.286. The van der Waals surface area contributed by atoms with E-state index < -0.39 is 8.07 Å². The fourth-order valence-electron chi connectivity index (χ4n) is 7.19. The van der Waals surface area contributed by atoms with Crippen LogP contribution in [0.1, 0.15) is 44.6 Å². The number of hydrogen-bond acceptors (Lipinski definition) is 3. The number of hydrogen-bond donors (Lipinski definition) is 0. The molecule has 0 bridgehead atoms. The van der Waals surface area contributed by atoms with Crippen LogP contribution < -0.4 is 5.19 Å². The molecule has 3 aromatic heterocycles. The Morgan fingerprint density at radius 1 is 0.854 bits per heavy atom. The third kappa shape index (κ3) is 6.98. The van der Waals surface area contributed by atoms with E-state index in [0.29, 0.717) is 0 Å². The molecular weight excluding hydrogens is 783 g/mol. The molecule has 247 valence electrons. The zero-order chi connectivity index (χ0) is 32.4. The second-order valence-corrected chi connectivity index (χ2v) is 18.9. The minimum atomic E-state index is -1.36. The predicted octanol–water partition coefficient (Wildman–Crippen LogP) is 10.6. The number of imidazole rings is 1. The summed E-state index contributed by atoms with van der Waals surface area (Å²) in [4.78, 5) is 9.62. The first-order chi connectivity index (χ1) is 22.9. The van der Waals surface area contributed by atoms with Crippen molar-refractivity contribution in [3.63, 3.8) is 0 Å². The Kier molecular flexibility index (Phi) is 10.5. The van der Waals surface area contributed by atoms with Crippen LogP contribution in [-0.2, 0) is 33.1 Å². The molecule has 3 heterocycles. The summed E-state index contributed by atoms with van der Waals surface area (Å²) in [5, 5.41) is 3.78. The Labute approximate surface area is 299 Å². The summed E-state index contributed by atoms with van der Waals surface area (Å²) in [5.41, 5.74) is 8.54. The Bertz CT molecular complexity index is 2140. The number of furan rings is 1. The van der Waals surface area contributed by atoms with Crippen molar-refractivity contribution in [2.45, 2.75) is 71.6 Å². The molecule has 4 nitrogen and oxygen atoms in total. The molecule has 1 saturated carbocycles. The number of fused-ring (bicyclic) bond motifs is 4. The molecule has 1 radical (unpaired) electrons. The zero-order valence-corrected chi connectivity index (χ0v) is 31.7. The molecule has 0 amide bonds. The van der Waals surface area contributed by atoms with Gasteiger partial charge in [-0.2, -0.15) is 0 Å². The first-order valence-corrected chi connectivity index (χ1v) is 20.6. The molecule has 1 aliphatic rings. The predicted molar refractivity (Wildman–Crippen MR) is 199 cm³/mol. The molecule has 0 saturated heterocycles. The maximum absolute atomic E-state index is 6.15. The maximum atomic E-state index is 6.15. The Hall–Kier alpha value is -3.83. The molecule has 0 atom stereocenters. The van der Waals surface area contributed by atoms with E-state index in [0.717, 1.165) is 68.1 Å². The molecule has 0 unspecified atom stereocenters. The van der Waals surface area contributed by atoms with Crippen LogP contribution in [0.5, 0.6) is 0 Å². The first kappa shape index (κ1) is 34.0. The van der Waals surface area contributed by atoms with Crippen molar-refractivity contribution in [2.75, 3.05) is 0 Å². The summed E-state index contributed by atoms with van der Waals surface area (Å²) >= 11 is 0. The van der Waals surface area contributed by atoms with E-state index >= 15 is 0 Å². The third-order valence-electron chi connectivity index (χ3n) is 9.55. The van der Waals surface area contributed by atoms with Crippen LogP contribution in [0.3, 0.4) is 0 Å². The van der Waals surface area contributed by atoms with Crippen molar-refractivity contribution in [3.05, 3.63) is 115 Å². The summed E-state index contributed by atoms with van der Waals surface area (Å²) < 4.78 is 8.36. The van der Waals surface area contributed by atoms with Crippen LogP contribution in [0.15, 0.2) is 102 Å². The van der Waals surface area contributed by atoms with Gasteiger partial charge in [0.15, 0.2) is 0 Å². The maximum Gasteiger partial charge on any atom is 0.120 e. The van der Waals surface area contributed by atoms with E-state index in [1.807, 2.05) is 54.6 Å². The quantitative estimate of drug-likeness (QED) is 0.124. The first-order valence-electron chi connectivity index (χ1n) is 17.1. The molecule has 8 rings (SSSR count). The summed E-state index contributed by atoms with van der Waals surface area (Å²) in [7, 11) is -1.36. The standard InChI is InChI=1S/C21H15N2O.C21H28NSi.Ir/c1-2-23-18-12-5-4-11-17(18)22-21(23)16-10-7-9-15-14-8-3-6-13-19(14)24-20(15)16;1-23(2,3)21-16-22-20(18-12-8-5-9-13-18)15-19(21)14-17-10-6-4-7-11-17;/h3-9,11-13H,2H2,1H3;5,8-9,12,15-17H,4,6-7,10-11,14H2,1-3H3;/q2*-1;. The molecule has 0 N–H and O–H groups in total. The van der Waals surface area contributed by atoms with Crippen LogP contribution in [0.4, 0.5) is 0 Å². The number of aryl methyl sites for hydroxylation is 1. The molecule has 0 spiro atoms. The summed E-state index contributed by atoms with van der Waals surface area (Å²) in [6.07, 6.45) is 10.5.